The Morgan fingerprint density at radius 2 is 1.82 bits per heavy atom. The SMILES string of the molecule is CCN(CC)CCOc1cc(I)c(Cl)cc1Cl. The van der Waals surface area contributed by atoms with Gasteiger partial charge in [0, 0.05) is 10.1 Å². The van der Waals surface area contributed by atoms with Crippen molar-refractivity contribution in [2.45, 2.75) is 13.8 Å². The molecule has 0 aliphatic rings. The Kier molecular flexibility index (Phi) is 6.92. The quantitative estimate of drug-likeness (QED) is 0.532. The van der Waals surface area contributed by atoms with E-state index in [9.17, 15) is 0 Å². The lowest BCUT2D eigenvalue weighted by Gasteiger charge is -2.18. The Bertz CT molecular complexity index is 370. The second kappa shape index (κ2) is 7.67. The van der Waals surface area contributed by atoms with Crippen LogP contribution in [0.25, 0.3) is 0 Å². The molecule has 0 unspecified atom stereocenters. The summed E-state index contributed by atoms with van der Waals surface area (Å²) in [5.74, 6) is 0.702. The zero-order valence-corrected chi connectivity index (χ0v) is 13.6. The largest absolute Gasteiger partial charge is 0.491 e. The van der Waals surface area contributed by atoms with Crippen LogP contribution < -0.4 is 4.74 Å². The van der Waals surface area contributed by atoms with Crippen molar-refractivity contribution in [3.8, 4) is 5.75 Å². The van der Waals surface area contributed by atoms with Gasteiger partial charge in [-0.1, -0.05) is 37.0 Å². The number of benzene rings is 1. The molecule has 0 heterocycles. The second-order valence-electron chi connectivity index (χ2n) is 3.57. The standard InChI is InChI=1S/C12H16Cl2INO/c1-3-16(4-2)5-6-17-12-8-11(15)9(13)7-10(12)14/h7-8H,3-6H2,1-2H3. The fourth-order valence-electron chi connectivity index (χ4n) is 1.44. The van der Waals surface area contributed by atoms with Gasteiger partial charge in [-0.15, -0.1) is 0 Å². The first-order chi connectivity index (χ1) is 8.08. The van der Waals surface area contributed by atoms with E-state index in [0.717, 1.165) is 23.2 Å². The van der Waals surface area contributed by atoms with Gasteiger partial charge < -0.3 is 9.64 Å². The average molecular weight is 388 g/mol. The van der Waals surface area contributed by atoms with Crippen molar-refractivity contribution in [1.82, 2.24) is 4.90 Å². The number of likely N-dealkylation sites (N-methyl/N-ethyl adjacent to an activating group) is 1. The van der Waals surface area contributed by atoms with Crippen molar-refractivity contribution >= 4 is 45.8 Å². The van der Waals surface area contributed by atoms with Crippen LogP contribution >= 0.6 is 45.8 Å². The molecule has 0 saturated carbocycles. The molecule has 0 N–H and O–H groups in total. The molecule has 0 radical (unpaired) electrons. The van der Waals surface area contributed by atoms with E-state index in [1.807, 2.05) is 6.07 Å². The van der Waals surface area contributed by atoms with Crippen LogP contribution in [0.2, 0.25) is 10.0 Å². The normalized spacial score (nSPS) is 10.9. The summed E-state index contributed by atoms with van der Waals surface area (Å²) in [6, 6.07) is 3.59. The molecule has 0 saturated heterocycles. The van der Waals surface area contributed by atoms with E-state index < -0.39 is 0 Å². The van der Waals surface area contributed by atoms with Gasteiger partial charge in [0.15, 0.2) is 0 Å². The van der Waals surface area contributed by atoms with E-state index in [1.165, 1.54) is 0 Å². The molecule has 0 atom stereocenters. The maximum absolute atomic E-state index is 6.06. The predicted molar refractivity (Wildman–Crippen MR) is 82.5 cm³/mol. The average Bonchev–Trinajstić information content (AvgIpc) is 2.31. The van der Waals surface area contributed by atoms with Crippen LogP contribution in [-0.4, -0.2) is 31.1 Å². The minimum absolute atomic E-state index is 0.565. The minimum Gasteiger partial charge on any atom is -0.491 e. The van der Waals surface area contributed by atoms with E-state index in [1.54, 1.807) is 6.07 Å². The molecule has 0 aliphatic carbocycles. The van der Waals surface area contributed by atoms with Crippen molar-refractivity contribution in [3.05, 3.63) is 25.7 Å². The molecule has 0 aliphatic heterocycles. The smallest absolute Gasteiger partial charge is 0.139 e. The molecule has 1 rings (SSSR count). The first-order valence-corrected chi connectivity index (χ1v) is 7.41. The highest BCUT2D eigenvalue weighted by molar-refractivity contribution is 14.1. The summed E-state index contributed by atoms with van der Waals surface area (Å²) in [6.07, 6.45) is 0. The number of hydrogen-bond acceptors (Lipinski definition) is 2. The van der Waals surface area contributed by atoms with E-state index in [2.05, 4.69) is 41.3 Å². The van der Waals surface area contributed by atoms with Crippen LogP contribution in [0.3, 0.4) is 0 Å². The molecule has 2 nitrogen and oxygen atoms in total. The molecular formula is C12H16Cl2INO. The summed E-state index contributed by atoms with van der Waals surface area (Å²) in [6.45, 7) is 7.89. The molecule has 96 valence electrons. The Labute approximate surface area is 126 Å². The van der Waals surface area contributed by atoms with Gasteiger partial charge in [-0.2, -0.15) is 0 Å². The highest BCUT2D eigenvalue weighted by atomic mass is 127. The number of nitrogens with zero attached hydrogens (tertiary/aromatic N) is 1. The third-order valence-corrected chi connectivity index (χ3v) is 4.35. The summed E-state index contributed by atoms with van der Waals surface area (Å²) < 4.78 is 6.62. The summed E-state index contributed by atoms with van der Waals surface area (Å²) >= 11 is 14.2. The first kappa shape index (κ1) is 15.3. The molecule has 0 fully saturated rings. The number of hydrogen-bond donors (Lipinski definition) is 0. The number of ether oxygens (including phenoxy) is 1. The Balaban J connectivity index is 2.55. The van der Waals surface area contributed by atoms with Crippen molar-refractivity contribution in [2.24, 2.45) is 0 Å². The highest BCUT2D eigenvalue weighted by Crippen LogP contribution is 2.31. The van der Waals surface area contributed by atoms with Crippen molar-refractivity contribution in [1.29, 1.82) is 0 Å². The summed E-state index contributed by atoms with van der Waals surface area (Å²) in [4.78, 5) is 2.30. The highest BCUT2D eigenvalue weighted by Gasteiger charge is 2.07. The van der Waals surface area contributed by atoms with Crippen LogP contribution in [0.1, 0.15) is 13.8 Å². The van der Waals surface area contributed by atoms with Crippen molar-refractivity contribution < 1.29 is 4.74 Å². The van der Waals surface area contributed by atoms with Gasteiger partial charge in [-0.25, -0.2) is 0 Å². The lowest BCUT2D eigenvalue weighted by atomic mass is 10.3. The van der Waals surface area contributed by atoms with Crippen molar-refractivity contribution in [3.63, 3.8) is 0 Å². The lowest BCUT2D eigenvalue weighted by Crippen LogP contribution is -2.27. The molecule has 0 aromatic heterocycles. The molecule has 1 aromatic rings. The molecule has 5 heteroatoms. The van der Waals surface area contributed by atoms with Crippen molar-refractivity contribution in [2.75, 3.05) is 26.2 Å². The van der Waals surface area contributed by atoms with E-state index in [4.69, 9.17) is 27.9 Å². The van der Waals surface area contributed by atoms with Gasteiger partial charge in [0.05, 0.1) is 10.0 Å². The van der Waals surface area contributed by atoms with Gasteiger partial charge in [0.1, 0.15) is 12.4 Å². The van der Waals surface area contributed by atoms with Crippen LogP contribution in [0.15, 0.2) is 12.1 Å². The van der Waals surface area contributed by atoms with Gasteiger partial charge in [-0.3, -0.25) is 0 Å². The molecular weight excluding hydrogens is 372 g/mol. The fourth-order valence-corrected chi connectivity index (χ4v) is 2.32. The maximum atomic E-state index is 6.06. The molecule has 17 heavy (non-hydrogen) atoms. The molecule has 0 amide bonds. The summed E-state index contributed by atoms with van der Waals surface area (Å²) in [5, 5.41) is 1.22. The molecule has 0 spiro atoms. The maximum Gasteiger partial charge on any atom is 0.139 e. The monoisotopic (exact) mass is 387 g/mol. The van der Waals surface area contributed by atoms with E-state index >= 15 is 0 Å². The Morgan fingerprint density at radius 1 is 1.18 bits per heavy atom. The van der Waals surface area contributed by atoms with Crippen LogP contribution in [-0.2, 0) is 0 Å². The lowest BCUT2D eigenvalue weighted by molar-refractivity contribution is 0.223. The zero-order chi connectivity index (χ0) is 12.8. The van der Waals surface area contributed by atoms with Gasteiger partial charge in [0.2, 0.25) is 0 Å². The topological polar surface area (TPSA) is 12.5 Å². The van der Waals surface area contributed by atoms with Gasteiger partial charge in [0.25, 0.3) is 0 Å². The Hall–Kier alpha value is 0.290. The zero-order valence-electron chi connectivity index (χ0n) is 9.97. The van der Waals surface area contributed by atoms with Crippen LogP contribution in [0, 0.1) is 3.57 Å². The molecule has 1 aromatic carbocycles. The number of rotatable bonds is 6. The predicted octanol–water partition coefficient (Wildman–Crippen LogP) is 4.32. The number of halogens is 3. The summed E-state index contributed by atoms with van der Waals surface area (Å²) in [7, 11) is 0. The van der Waals surface area contributed by atoms with Crippen LogP contribution in [0.4, 0.5) is 0 Å². The van der Waals surface area contributed by atoms with E-state index in [-0.39, 0.29) is 0 Å². The first-order valence-electron chi connectivity index (χ1n) is 5.58. The Morgan fingerprint density at radius 3 is 2.41 bits per heavy atom. The molecule has 0 bridgehead atoms. The summed E-state index contributed by atoms with van der Waals surface area (Å²) in [5.41, 5.74) is 0. The van der Waals surface area contributed by atoms with E-state index in [0.29, 0.717) is 22.4 Å². The van der Waals surface area contributed by atoms with Gasteiger partial charge >= 0.3 is 0 Å². The minimum atomic E-state index is 0.565. The second-order valence-corrected chi connectivity index (χ2v) is 5.55. The van der Waals surface area contributed by atoms with Gasteiger partial charge in [-0.05, 0) is 47.8 Å². The fraction of sp³-hybridized carbons (Fsp3) is 0.500. The van der Waals surface area contributed by atoms with Crippen LogP contribution in [0.5, 0.6) is 5.75 Å². The third kappa shape index (κ3) is 4.81. The third-order valence-electron chi connectivity index (χ3n) is 2.53.